The number of fused-ring (bicyclic) bond motifs is 1. The number of amides is 1. The molecule has 1 aromatic carbocycles. The zero-order valence-corrected chi connectivity index (χ0v) is 22.9. The van der Waals surface area contributed by atoms with E-state index in [0.717, 1.165) is 40.8 Å². The number of rotatable bonds is 3. The fraction of sp³-hybridized carbons (Fsp3) is 0.286. The van der Waals surface area contributed by atoms with Crippen molar-refractivity contribution in [1.29, 1.82) is 0 Å². The number of aliphatic carboxylic acids is 2. The molecule has 0 saturated carbocycles. The summed E-state index contributed by atoms with van der Waals surface area (Å²) < 4.78 is 65.5. The van der Waals surface area contributed by atoms with Crippen molar-refractivity contribution >= 4 is 28.9 Å². The van der Waals surface area contributed by atoms with Gasteiger partial charge in [-0.05, 0) is 31.0 Å². The molecule has 16 heteroatoms. The van der Waals surface area contributed by atoms with Crippen molar-refractivity contribution in [3.8, 4) is 11.3 Å². The van der Waals surface area contributed by atoms with Crippen LogP contribution in [0.25, 0.3) is 22.3 Å². The molecule has 2 N–H and O–H groups in total. The van der Waals surface area contributed by atoms with Crippen LogP contribution in [0.5, 0.6) is 0 Å². The number of halogens is 6. The molecule has 0 aliphatic carbocycles. The summed E-state index contributed by atoms with van der Waals surface area (Å²) in [5.74, 6) is -5.19. The van der Waals surface area contributed by atoms with E-state index in [9.17, 15) is 31.1 Å². The number of carbonyl (C=O) groups excluding carboxylic acids is 1. The average molecular weight is 626 g/mol. The Morgan fingerprint density at radius 3 is 1.89 bits per heavy atom. The molecular formula is C28H25F6N5O5. The lowest BCUT2D eigenvalue weighted by molar-refractivity contribution is -0.193. The van der Waals surface area contributed by atoms with Gasteiger partial charge in [-0.2, -0.15) is 26.3 Å². The monoisotopic (exact) mass is 625 g/mol. The van der Waals surface area contributed by atoms with E-state index >= 15 is 0 Å². The van der Waals surface area contributed by atoms with Gasteiger partial charge in [-0.1, -0.05) is 36.4 Å². The van der Waals surface area contributed by atoms with E-state index in [4.69, 9.17) is 24.8 Å². The molecule has 1 aliphatic rings. The van der Waals surface area contributed by atoms with Crippen LogP contribution in [0.15, 0.2) is 67.1 Å². The van der Waals surface area contributed by atoms with Crippen molar-refractivity contribution in [3.63, 3.8) is 0 Å². The number of imidazole rings is 1. The molecule has 4 heterocycles. The number of aryl methyl sites for hydroxylation is 1. The molecule has 3 aromatic heterocycles. The lowest BCUT2D eigenvalue weighted by Gasteiger charge is -2.31. The molecule has 10 nitrogen and oxygen atoms in total. The minimum atomic E-state index is -5.08. The fourth-order valence-electron chi connectivity index (χ4n) is 4.18. The van der Waals surface area contributed by atoms with Crippen LogP contribution < -0.4 is 0 Å². The summed E-state index contributed by atoms with van der Waals surface area (Å²) in [6, 6.07) is 17.8. The third-order valence-electron chi connectivity index (χ3n) is 6.35. The van der Waals surface area contributed by atoms with Crippen LogP contribution in [0, 0.1) is 0 Å². The van der Waals surface area contributed by atoms with Crippen molar-refractivity contribution < 1.29 is 50.9 Å². The third-order valence-corrected chi connectivity index (χ3v) is 6.35. The highest BCUT2D eigenvalue weighted by Gasteiger charge is 2.39. The smallest absolute Gasteiger partial charge is 0.475 e. The van der Waals surface area contributed by atoms with E-state index in [0.29, 0.717) is 24.7 Å². The van der Waals surface area contributed by atoms with Crippen LogP contribution in [0.2, 0.25) is 0 Å². The van der Waals surface area contributed by atoms with Gasteiger partial charge in [-0.25, -0.2) is 14.6 Å². The van der Waals surface area contributed by atoms with Crippen molar-refractivity contribution in [3.05, 3.63) is 78.5 Å². The van der Waals surface area contributed by atoms with Crippen molar-refractivity contribution in [2.24, 2.45) is 7.05 Å². The normalized spacial score (nSPS) is 13.8. The van der Waals surface area contributed by atoms with Gasteiger partial charge in [0.15, 0.2) is 0 Å². The molecule has 0 bridgehead atoms. The molecule has 1 fully saturated rings. The van der Waals surface area contributed by atoms with E-state index in [1.807, 2.05) is 53.2 Å². The number of aromatic nitrogens is 4. The van der Waals surface area contributed by atoms with Gasteiger partial charge >= 0.3 is 24.3 Å². The SMILES string of the molecule is Cn1cnc2c(-c3ccccc3)nc(C3CCN(C(=O)c4ccccn4)CC3)cc21.O=C(O)C(F)(F)F.O=C(O)C(F)(F)F. The van der Waals surface area contributed by atoms with E-state index in [1.54, 1.807) is 12.3 Å². The summed E-state index contributed by atoms with van der Waals surface area (Å²) >= 11 is 0. The molecule has 1 saturated heterocycles. The van der Waals surface area contributed by atoms with Gasteiger partial charge in [0.1, 0.15) is 11.2 Å². The number of piperidine rings is 1. The van der Waals surface area contributed by atoms with Gasteiger partial charge < -0.3 is 19.7 Å². The van der Waals surface area contributed by atoms with Crippen molar-refractivity contribution in [1.82, 2.24) is 24.4 Å². The zero-order chi connectivity index (χ0) is 32.7. The van der Waals surface area contributed by atoms with Gasteiger partial charge in [0.25, 0.3) is 5.91 Å². The Morgan fingerprint density at radius 2 is 1.39 bits per heavy atom. The zero-order valence-electron chi connectivity index (χ0n) is 22.9. The average Bonchev–Trinajstić information content (AvgIpc) is 3.37. The first-order chi connectivity index (χ1) is 20.6. The second kappa shape index (κ2) is 14.0. The molecule has 0 radical (unpaired) electrons. The van der Waals surface area contributed by atoms with E-state index in [1.165, 1.54) is 0 Å². The van der Waals surface area contributed by atoms with E-state index in [2.05, 4.69) is 28.2 Å². The summed E-state index contributed by atoms with van der Waals surface area (Å²) in [7, 11) is 2.02. The molecule has 44 heavy (non-hydrogen) atoms. The largest absolute Gasteiger partial charge is 0.490 e. The molecule has 0 unspecified atom stereocenters. The van der Waals surface area contributed by atoms with E-state index in [-0.39, 0.29) is 5.91 Å². The third kappa shape index (κ3) is 8.75. The topological polar surface area (TPSA) is 139 Å². The second-order valence-electron chi connectivity index (χ2n) is 9.37. The number of benzene rings is 1. The summed E-state index contributed by atoms with van der Waals surface area (Å²) in [5, 5.41) is 14.2. The van der Waals surface area contributed by atoms with Gasteiger partial charge in [0.05, 0.1) is 17.5 Å². The van der Waals surface area contributed by atoms with Gasteiger partial charge in [0, 0.05) is 43.5 Å². The van der Waals surface area contributed by atoms with Crippen LogP contribution in [-0.2, 0) is 16.6 Å². The molecule has 4 aromatic rings. The molecule has 1 amide bonds. The quantitative estimate of drug-likeness (QED) is 0.292. The Labute approximate surface area is 245 Å². The Hall–Kier alpha value is -5.02. The summed E-state index contributed by atoms with van der Waals surface area (Å²) in [6.45, 7) is 1.43. The van der Waals surface area contributed by atoms with Crippen molar-refractivity contribution in [2.75, 3.05) is 13.1 Å². The number of hydrogen-bond acceptors (Lipinski definition) is 6. The highest BCUT2D eigenvalue weighted by molar-refractivity contribution is 5.92. The molecule has 5 rings (SSSR count). The number of likely N-dealkylation sites (tertiary alicyclic amines) is 1. The molecule has 234 valence electrons. The number of carboxylic acids is 2. The molecule has 1 aliphatic heterocycles. The van der Waals surface area contributed by atoms with Crippen LogP contribution in [0.3, 0.4) is 0 Å². The predicted octanol–water partition coefficient (Wildman–Crippen LogP) is 5.32. The molecular weight excluding hydrogens is 600 g/mol. The van der Waals surface area contributed by atoms with Crippen LogP contribution in [0.1, 0.15) is 34.9 Å². The number of carbonyl (C=O) groups is 3. The first-order valence-electron chi connectivity index (χ1n) is 12.8. The number of carboxylic acid groups (broad SMARTS) is 2. The number of alkyl halides is 6. The molecule has 0 spiro atoms. The van der Waals surface area contributed by atoms with Crippen molar-refractivity contribution in [2.45, 2.75) is 31.1 Å². The van der Waals surface area contributed by atoms with Gasteiger partial charge in [0.2, 0.25) is 0 Å². The highest BCUT2D eigenvalue weighted by atomic mass is 19.4. The fourth-order valence-corrected chi connectivity index (χ4v) is 4.18. The first-order valence-corrected chi connectivity index (χ1v) is 12.8. The Morgan fingerprint density at radius 1 is 0.841 bits per heavy atom. The van der Waals surface area contributed by atoms with Gasteiger partial charge in [-0.15, -0.1) is 0 Å². The minimum Gasteiger partial charge on any atom is -0.475 e. The molecule has 0 atom stereocenters. The minimum absolute atomic E-state index is 0.00840. The summed E-state index contributed by atoms with van der Waals surface area (Å²) in [4.78, 5) is 46.2. The second-order valence-corrected chi connectivity index (χ2v) is 9.37. The maximum atomic E-state index is 12.7. The van der Waals surface area contributed by atoms with Gasteiger partial charge in [-0.3, -0.25) is 14.8 Å². The number of pyridine rings is 2. The Bertz CT molecular complexity index is 1560. The van der Waals surface area contributed by atoms with Crippen LogP contribution in [0.4, 0.5) is 26.3 Å². The maximum absolute atomic E-state index is 12.7. The Kier molecular flexibility index (Phi) is 10.6. The van der Waals surface area contributed by atoms with Crippen LogP contribution in [-0.4, -0.2) is 77.9 Å². The van der Waals surface area contributed by atoms with E-state index < -0.39 is 24.3 Å². The number of hydrogen-bond donors (Lipinski definition) is 2. The predicted molar refractivity (Wildman–Crippen MR) is 143 cm³/mol. The standard InChI is InChI=1S/C24H23N5O.2C2HF3O2/c1-28-16-26-23-21(28)15-20(27-22(23)18-7-3-2-4-8-18)17-10-13-29(14-11-17)24(30)19-9-5-6-12-25-19;2*3-2(4,5)1(6)7/h2-9,12,15-17H,10-11,13-14H2,1H3;2*(H,6,7). The highest BCUT2D eigenvalue weighted by Crippen LogP contribution is 2.33. The summed E-state index contributed by atoms with van der Waals surface area (Å²) in [6.07, 6.45) is -4.87. The first kappa shape index (κ1) is 33.5. The maximum Gasteiger partial charge on any atom is 0.490 e. The lowest BCUT2D eigenvalue weighted by atomic mass is 9.92. The Balaban J connectivity index is 0.000000317. The van der Waals surface area contributed by atoms with Crippen LogP contribution >= 0.6 is 0 Å². The summed E-state index contributed by atoms with van der Waals surface area (Å²) in [5.41, 5.74) is 5.61. The lowest BCUT2D eigenvalue weighted by Crippen LogP contribution is -2.38. The number of nitrogens with zero attached hydrogens (tertiary/aromatic N) is 5.